The van der Waals surface area contributed by atoms with Crippen molar-refractivity contribution >= 4 is 17.9 Å². The molecule has 0 aliphatic carbocycles. The van der Waals surface area contributed by atoms with Gasteiger partial charge in [0.25, 0.3) is 11.8 Å². The lowest BCUT2D eigenvalue weighted by atomic mass is 10.0. The summed E-state index contributed by atoms with van der Waals surface area (Å²) in [6.07, 6.45) is 5.73. The zero-order valence-electron chi connectivity index (χ0n) is 23.1. The molecule has 2 aliphatic rings. The van der Waals surface area contributed by atoms with Crippen molar-refractivity contribution < 1.29 is 9.59 Å². The molecule has 2 aliphatic heterocycles. The molecule has 41 heavy (non-hydrogen) atoms. The number of carbonyl (C=O) groups is 2. The van der Waals surface area contributed by atoms with Crippen molar-refractivity contribution in [3.05, 3.63) is 129 Å². The van der Waals surface area contributed by atoms with Crippen LogP contribution in [0.2, 0.25) is 0 Å². The van der Waals surface area contributed by atoms with Crippen molar-refractivity contribution in [2.45, 2.75) is 38.9 Å². The summed E-state index contributed by atoms with van der Waals surface area (Å²) < 4.78 is 3.28. The number of piperidine rings is 1. The minimum absolute atomic E-state index is 0.0984. The number of benzene rings is 3. The number of nitrogens with zero attached hydrogens (tertiary/aromatic N) is 5. The van der Waals surface area contributed by atoms with Crippen molar-refractivity contribution in [3.8, 4) is 0 Å². The summed E-state index contributed by atoms with van der Waals surface area (Å²) in [6.45, 7) is 5.56. The van der Waals surface area contributed by atoms with Crippen LogP contribution in [0.25, 0.3) is 6.08 Å². The number of likely N-dealkylation sites (tertiary alicyclic amines) is 1. The maximum atomic E-state index is 13.2. The van der Waals surface area contributed by atoms with E-state index in [0.717, 1.165) is 43.6 Å². The SMILES string of the molecule is C/C(=C\c1ccccc1)CN1CCC(n2cnn(Cc3ccc(CN4C(=O)c5ccccc5C4=O)cc3)c2=O)CC1. The lowest BCUT2D eigenvalue weighted by molar-refractivity contribution is 0.0642. The summed E-state index contributed by atoms with van der Waals surface area (Å²) in [4.78, 5) is 42.2. The molecular formula is C33H33N5O3. The lowest BCUT2D eigenvalue weighted by Crippen LogP contribution is -2.38. The van der Waals surface area contributed by atoms with Gasteiger partial charge in [-0.1, -0.05) is 78.4 Å². The van der Waals surface area contributed by atoms with E-state index in [1.54, 1.807) is 35.2 Å². The number of hydrogen-bond donors (Lipinski definition) is 0. The van der Waals surface area contributed by atoms with Crippen LogP contribution in [0, 0.1) is 0 Å². The Hall–Kier alpha value is -4.56. The topological polar surface area (TPSA) is 80.4 Å². The van der Waals surface area contributed by atoms with E-state index < -0.39 is 0 Å². The van der Waals surface area contributed by atoms with E-state index in [-0.39, 0.29) is 30.1 Å². The summed E-state index contributed by atoms with van der Waals surface area (Å²) >= 11 is 0. The van der Waals surface area contributed by atoms with Crippen LogP contribution in [-0.2, 0) is 13.1 Å². The molecule has 0 radical (unpaired) electrons. The average Bonchev–Trinajstić information content (AvgIpc) is 3.47. The van der Waals surface area contributed by atoms with Crippen LogP contribution in [-0.4, -0.2) is 55.6 Å². The number of carbonyl (C=O) groups excluding carboxylic acids is 2. The van der Waals surface area contributed by atoms with Gasteiger partial charge in [-0.3, -0.25) is 24.0 Å². The van der Waals surface area contributed by atoms with Gasteiger partial charge in [0.05, 0.1) is 24.2 Å². The van der Waals surface area contributed by atoms with Gasteiger partial charge in [0.2, 0.25) is 0 Å². The van der Waals surface area contributed by atoms with Gasteiger partial charge in [-0.25, -0.2) is 9.48 Å². The molecule has 4 aromatic rings. The molecular weight excluding hydrogens is 514 g/mol. The zero-order chi connectivity index (χ0) is 28.3. The van der Waals surface area contributed by atoms with Crippen LogP contribution in [0.5, 0.6) is 0 Å². The second kappa shape index (κ2) is 11.5. The largest absolute Gasteiger partial charge is 0.346 e. The molecule has 0 unspecified atom stereocenters. The molecule has 6 rings (SSSR count). The van der Waals surface area contributed by atoms with E-state index in [0.29, 0.717) is 17.7 Å². The predicted octanol–water partition coefficient (Wildman–Crippen LogP) is 4.63. The van der Waals surface area contributed by atoms with Crippen LogP contribution < -0.4 is 5.69 Å². The Morgan fingerprint density at radius 1 is 0.805 bits per heavy atom. The number of imide groups is 1. The van der Waals surface area contributed by atoms with Crippen molar-refractivity contribution in [1.29, 1.82) is 0 Å². The third-order valence-electron chi connectivity index (χ3n) is 7.97. The molecule has 1 saturated heterocycles. The molecule has 8 heteroatoms. The molecule has 0 saturated carbocycles. The summed E-state index contributed by atoms with van der Waals surface area (Å²) in [7, 11) is 0. The van der Waals surface area contributed by atoms with E-state index in [1.807, 2.05) is 30.3 Å². The number of fused-ring (bicyclic) bond motifs is 1. The zero-order valence-corrected chi connectivity index (χ0v) is 23.1. The fourth-order valence-corrected chi connectivity index (χ4v) is 5.79. The van der Waals surface area contributed by atoms with Crippen LogP contribution >= 0.6 is 0 Å². The Bertz CT molecular complexity index is 1610. The molecule has 0 spiro atoms. The Morgan fingerprint density at radius 2 is 1.39 bits per heavy atom. The first-order valence-electron chi connectivity index (χ1n) is 14.1. The highest BCUT2D eigenvalue weighted by atomic mass is 16.2. The normalized spacial score (nSPS) is 16.4. The first kappa shape index (κ1) is 26.7. The fraction of sp³-hybridized carbons (Fsp3) is 0.273. The average molecular weight is 548 g/mol. The summed E-state index contributed by atoms with van der Waals surface area (Å²) in [5, 5.41) is 4.40. The number of amides is 2. The monoisotopic (exact) mass is 547 g/mol. The van der Waals surface area contributed by atoms with E-state index in [1.165, 1.54) is 20.7 Å². The molecule has 0 bridgehead atoms. The molecule has 0 atom stereocenters. The second-order valence-electron chi connectivity index (χ2n) is 10.9. The van der Waals surface area contributed by atoms with Gasteiger partial charge < -0.3 is 0 Å². The van der Waals surface area contributed by atoms with Gasteiger partial charge in [-0.15, -0.1) is 0 Å². The molecule has 208 valence electrons. The quantitative estimate of drug-likeness (QED) is 0.301. The van der Waals surface area contributed by atoms with Gasteiger partial charge in [-0.2, -0.15) is 5.10 Å². The van der Waals surface area contributed by atoms with E-state index >= 15 is 0 Å². The highest BCUT2D eigenvalue weighted by Crippen LogP contribution is 2.25. The minimum Gasteiger partial charge on any atom is -0.299 e. The standard InChI is InChI=1S/C33H33N5O3/c1-24(19-25-7-3-2-4-8-25)20-35-17-15-28(16-18-35)37-23-34-38(33(37)41)22-27-13-11-26(12-14-27)21-36-31(39)29-9-5-6-10-30(29)32(36)40/h2-14,19,23,28H,15-18,20-22H2,1H3/b24-19+. The van der Waals surface area contributed by atoms with Gasteiger partial charge in [0, 0.05) is 25.7 Å². The van der Waals surface area contributed by atoms with Crippen LogP contribution in [0.3, 0.4) is 0 Å². The van der Waals surface area contributed by atoms with E-state index in [2.05, 4.69) is 47.3 Å². The van der Waals surface area contributed by atoms with E-state index in [4.69, 9.17) is 0 Å². The second-order valence-corrected chi connectivity index (χ2v) is 10.9. The molecule has 3 heterocycles. The van der Waals surface area contributed by atoms with Crippen LogP contribution in [0.4, 0.5) is 0 Å². The Morgan fingerprint density at radius 3 is 2.02 bits per heavy atom. The number of rotatable bonds is 8. The Kier molecular flexibility index (Phi) is 7.48. The maximum Gasteiger partial charge on any atom is 0.346 e. The van der Waals surface area contributed by atoms with Gasteiger partial charge >= 0.3 is 5.69 Å². The van der Waals surface area contributed by atoms with E-state index in [9.17, 15) is 14.4 Å². The molecule has 2 amide bonds. The molecule has 8 nitrogen and oxygen atoms in total. The lowest BCUT2D eigenvalue weighted by Gasteiger charge is -2.32. The summed E-state index contributed by atoms with van der Waals surface area (Å²) in [6, 6.07) is 25.0. The predicted molar refractivity (Wildman–Crippen MR) is 157 cm³/mol. The highest BCUT2D eigenvalue weighted by Gasteiger charge is 2.34. The van der Waals surface area contributed by atoms with Gasteiger partial charge in [-0.05, 0) is 48.6 Å². The third-order valence-corrected chi connectivity index (χ3v) is 7.97. The number of aromatic nitrogens is 3. The third kappa shape index (κ3) is 5.69. The molecule has 1 aromatic heterocycles. The van der Waals surface area contributed by atoms with Crippen molar-refractivity contribution in [2.24, 2.45) is 0 Å². The summed E-state index contributed by atoms with van der Waals surface area (Å²) in [5.41, 5.74) is 5.12. The van der Waals surface area contributed by atoms with Crippen LogP contribution in [0.1, 0.15) is 63.2 Å². The molecule has 3 aromatic carbocycles. The molecule has 0 N–H and O–H groups in total. The van der Waals surface area contributed by atoms with Crippen LogP contribution in [0.15, 0.2) is 95.6 Å². The number of hydrogen-bond acceptors (Lipinski definition) is 5. The molecule has 1 fully saturated rings. The fourth-order valence-electron chi connectivity index (χ4n) is 5.79. The summed E-state index contributed by atoms with van der Waals surface area (Å²) in [5.74, 6) is -0.534. The Balaban J connectivity index is 1.03. The van der Waals surface area contributed by atoms with Crippen molar-refractivity contribution in [1.82, 2.24) is 24.1 Å². The van der Waals surface area contributed by atoms with Gasteiger partial charge in [0.1, 0.15) is 6.33 Å². The van der Waals surface area contributed by atoms with Crippen molar-refractivity contribution in [2.75, 3.05) is 19.6 Å². The van der Waals surface area contributed by atoms with Gasteiger partial charge in [0.15, 0.2) is 0 Å². The smallest absolute Gasteiger partial charge is 0.299 e. The highest BCUT2D eigenvalue weighted by molar-refractivity contribution is 6.21. The first-order chi connectivity index (χ1) is 20.0. The minimum atomic E-state index is -0.267. The first-order valence-corrected chi connectivity index (χ1v) is 14.1. The maximum absolute atomic E-state index is 13.2. The van der Waals surface area contributed by atoms with Crippen molar-refractivity contribution in [3.63, 3.8) is 0 Å². The Labute approximate surface area is 239 Å².